The molecule has 0 radical (unpaired) electrons. The minimum Gasteiger partial charge on any atom is -0.275 e. The van der Waals surface area contributed by atoms with Crippen molar-refractivity contribution in [3.05, 3.63) is 28.8 Å². The van der Waals surface area contributed by atoms with Crippen LogP contribution < -0.4 is 0 Å². The molecule has 7 nitrogen and oxygen atoms in total. The number of piperidine rings is 1. The molecule has 0 N–H and O–H groups in total. The number of hydrogen-bond donors (Lipinski definition) is 0. The number of halogens is 1. The van der Waals surface area contributed by atoms with E-state index in [0.29, 0.717) is 12.2 Å². The van der Waals surface area contributed by atoms with Gasteiger partial charge in [0.25, 0.3) is 0 Å². The fourth-order valence-corrected chi connectivity index (χ4v) is 5.55. The molecule has 126 valence electrons. The van der Waals surface area contributed by atoms with Crippen LogP contribution in [0, 0.1) is 6.92 Å². The standard InChI is InChI=1S/C14H20ClN5O2S/c1-10-13(14(15)19(3)17-10)23(21,22)20-7-5-4-6-12(20)11-8-16-18(2)9-11/h8-9,12H,4-7H2,1-3H3. The zero-order valence-electron chi connectivity index (χ0n) is 13.4. The maximum atomic E-state index is 13.2. The summed E-state index contributed by atoms with van der Waals surface area (Å²) in [5, 5.41) is 8.46. The molecule has 1 atom stereocenters. The summed E-state index contributed by atoms with van der Waals surface area (Å²) in [5.41, 5.74) is 1.33. The third kappa shape index (κ3) is 2.79. The van der Waals surface area contributed by atoms with E-state index in [1.807, 2.05) is 13.2 Å². The summed E-state index contributed by atoms with van der Waals surface area (Å²) in [7, 11) is -0.241. The molecule has 0 bridgehead atoms. The van der Waals surface area contributed by atoms with E-state index in [-0.39, 0.29) is 16.1 Å². The molecular formula is C14H20ClN5O2S. The average Bonchev–Trinajstić information content (AvgIpc) is 3.03. The normalized spacial score (nSPS) is 20.1. The van der Waals surface area contributed by atoms with Crippen LogP contribution in [0.2, 0.25) is 5.15 Å². The van der Waals surface area contributed by atoms with Gasteiger partial charge in [-0.2, -0.15) is 14.5 Å². The molecule has 1 aliphatic rings. The Balaban J connectivity index is 2.06. The molecular weight excluding hydrogens is 338 g/mol. The van der Waals surface area contributed by atoms with Gasteiger partial charge in [-0.1, -0.05) is 18.0 Å². The summed E-state index contributed by atoms with van der Waals surface area (Å²) in [4.78, 5) is 0.109. The second-order valence-corrected chi connectivity index (χ2v) is 8.09. The van der Waals surface area contributed by atoms with Gasteiger partial charge < -0.3 is 0 Å². The first-order chi connectivity index (χ1) is 10.8. The van der Waals surface area contributed by atoms with E-state index >= 15 is 0 Å². The van der Waals surface area contributed by atoms with Gasteiger partial charge in [-0.25, -0.2) is 8.42 Å². The number of sulfonamides is 1. The average molecular weight is 358 g/mol. The van der Waals surface area contributed by atoms with E-state index in [1.165, 1.54) is 4.68 Å². The molecule has 0 spiro atoms. The quantitative estimate of drug-likeness (QED) is 0.842. The highest BCUT2D eigenvalue weighted by Gasteiger charge is 2.38. The van der Waals surface area contributed by atoms with E-state index in [1.54, 1.807) is 29.2 Å². The highest BCUT2D eigenvalue weighted by Crippen LogP contribution is 2.37. The predicted octanol–water partition coefficient (Wildman–Crippen LogP) is 2.03. The Morgan fingerprint density at radius 1 is 1.30 bits per heavy atom. The van der Waals surface area contributed by atoms with Crippen molar-refractivity contribution in [1.82, 2.24) is 23.9 Å². The largest absolute Gasteiger partial charge is 0.275 e. The number of aryl methyl sites for hydroxylation is 3. The molecule has 0 amide bonds. The Hall–Kier alpha value is -1.38. The second kappa shape index (κ2) is 5.92. The summed E-state index contributed by atoms with van der Waals surface area (Å²) >= 11 is 6.19. The summed E-state index contributed by atoms with van der Waals surface area (Å²) in [6.07, 6.45) is 6.21. The maximum Gasteiger partial charge on any atom is 0.248 e. The minimum atomic E-state index is -3.71. The van der Waals surface area contributed by atoms with Gasteiger partial charge in [-0.05, 0) is 19.8 Å². The Kier molecular flexibility index (Phi) is 4.24. The highest BCUT2D eigenvalue weighted by atomic mass is 35.5. The van der Waals surface area contributed by atoms with Crippen molar-refractivity contribution in [3.8, 4) is 0 Å². The first-order valence-electron chi connectivity index (χ1n) is 7.52. The Morgan fingerprint density at radius 3 is 2.61 bits per heavy atom. The van der Waals surface area contributed by atoms with Crippen molar-refractivity contribution in [2.24, 2.45) is 14.1 Å². The van der Waals surface area contributed by atoms with Gasteiger partial charge in [0.05, 0.1) is 17.9 Å². The van der Waals surface area contributed by atoms with Gasteiger partial charge in [0, 0.05) is 32.4 Å². The van der Waals surface area contributed by atoms with Crippen molar-refractivity contribution in [2.45, 2.75) is 37.1 Å². The lowest BCUT2D eigenvalue weighted by molar-refractivity contribution is 0.256. The van der Waals surface area contributed by atoms with Gasteiger partial charge in [-0.15, -0.1) is 0 Å². The zero-order valence-corrected chi connectivity index (χ0v) is 15.0. The van der Waals surface area contributed by atoms with Crippen molar-refractivity contribution in [1.29, 1.82) is 0 Å². The summed E-state index contributed by atoms with van der Waals surface area (Å²) in [6, 6.07) is -0.210. The predicted molar refractivity (Wildman–Crippen MR) is 86.6 cm³/mol. The maximum absolute atomic E-state index is 13.2. The van der Waals surface area contributed by atoms with Crippen molar-refractivity contribution < 1.29 is 8.42 Å². The Bertz CT molecular complexity index is 826. The van der Waals surface area contributed by atoms with Crippen LogP contribution in [0.4, 0.5) is 0 Å². The van der Waals surface area contributed by atoms with Gasteiger partial charge in [-0.3, -0.25) is 9.36 Å². The topological polar surface area (TPSA) is 73.0 Å². The summed E-state index contributed by atoms with van der Waals surface area (Å²) < 4.78 is 31.0. The fraction of sp³-hybridized carbons (Fsp3) is 0.571. The molecule has 0 aromatic carbocycles. The fourth-order valence-electron chi connectivity index (χ4n) is 3.16. The SMILES string of the molecule is Cc1nn(C)c(Cl)c1S(=O)(=O)N1CCCCC1c1cnn(C)c1. The van der Waals surface area contributed by atoms with Crippen LogP contribution in [0.3, 0.4) is 0 Å². The van der Waals surface area contributed by atoms with E-state index < -0.39 is 10.0 Å². The minimum absolute atomic E-state index is 0.109. The van der Waals surface area contributed by atoms with Crippen LogP contribution in [0.15, 0.2) is 17.3 Å². The summed E-state index contributed by atoms with van der Waals surface area (Å²) in [5.74, 6) is 0. The molecule has 1 unspecified atom stereocenters. The molecule has 3 rings (SSSR count). The van der Waals surface area contributed by atoms with Crippen molar-refractivity contribution >= 4 is 21.6 Å². The molecule has 23 heavy (non-hydrogen) atoms. The van der Waals surface area contributed by atoms with Crippen LogP contribution in [-0.4, -0.2) is 38.8 Å². The Labute approximate surface area is 140 Å². The van der Waals surface area contributed by atoms with Gasteiger partial charge >= 0.3 is 0 Å². The van der Waals surface area contributed by atoms with Gasteiger partial charge in [0.2, 0.25) is 10.0 Å². The van der Waals surface area contributed by atoms with E-state index in [2.05, 4.69) is 10.2 Å². The van der Waals surface area contributed by atoms with Crippen LogP contribution in [0.5, 0.6) is 0 Å². The van der Waals surface area contributed by atoms with Crippen LogP contribution in [0.25, 0.3) is 0 Å². The van der Waals surface area contributed by atoms with Crippen LogP contribution in [0.1, 0.15) is 36.6 Å². The number of nitrogens with zero attached hydrogens (tertiary/aromatic N) is 5. The van der Waals surface area contributed by atoms with Crippen LogP contribution >= 0.6 is 11.6 Å². The first-order valence-corrected chi connectivity index (χ1v) is 9.33. The lowest BCUT2D eigenvalue weighted by atomic mass is 10.0. The lowest BCUT2D eigenvalue weighted by Gasteiger charge is -2.34. The van der Waals surface area contributed by atoms with E-state index in [4.69, 9.17) is 11.6 Å². The molecule has 2 aromatic heterocycles. The third-order valence-electron chi connectivity index (χ3n) is 4.23. The number of rotatable bonds is 3. The second-order valence-electron chi connectivity index (χ2n) is 5.90. The van der Waals surface area contributed by atoms with Gasteiger partial charge in [0.1, 0.15) is 10.0 Å². The molecule has 2 aromatic rings. The third-order valence-corrected chi connectivity index (χ3v) is 6.83. The van der Waals surface area contributed by atoms with Gasteiger partial charge in [0.15, 0.2) is 0 Å². The smallest absolute Gasteiger partial charge is 0.248 e. The van der Waals surface area contributed by atoms with E-state index in [0.717, 1.165) is 24.8 Å². The Morgan fingerprint density at radius 2 is 2.04 bits per heavy atom. The molecule has 0 saturated carbocycles. The number of aromatic nitrogens is 4. The van der Waals surface area contributed by atoms with Crippen LogP contribution in [-0.2, 0) is 24.1 Å². The van der Waals surface area contributed by atoms with Crippen molar-refractivity contribution in [2.75, 3.05) is 6.54 Å². The summed E-state index contributed by atoms with van der Waals surface area (Å²) in [6.45, 7) is 2.15. The number of hydrogen-bond acceptors (Lipinski definition) is 4. The first kappa shape index (κ1) is 16.5. The molecule has 1 saturated heterocycles. The molecule has 3 heterocycles. The zero-order chi connectivity index (χ0) is 16.8. The molecule has 1 fully saturated rings. The lowest BCUT2D eigenvalue weighted by Crippen LogP contribution is -2.38. The van der Waals surface area contributed by atoms with E-state index in [9.17, 15) is 8.42 Å². The monoisotopic (exact) mass is 357 g/mol. The molecule has 0 aliphatic carbocycles. The van der Waals surface area contributed by atoms with Crippen molar-refractivity contribution in [3.63, 3.8) is 0 Å². The molecule has 1 aliphatic heterocycles. The highest BCUT2D eigenvalue weighted by molar-refractivity contribution is 7.89. The molecule has 9 heteroatoms.